The Hall–Kier alpha value is -0.0400. The van der Waals surface area contributed by atoms with Crippen LogP contribution in [0.2, 0.25) is 0 Å². The highest BCUT2D eigenvalue weighted by atomic mass is 127. The van der Waals surface area contributed by atoms with E-state index in [1.54, 1.807) is 0 Å². The maximum Gasteiger partial charge on any atom is 0.410 e. The van der Waals surface area contributed by atoms with E-state index in [0.717, 1.165) is 30.4 Å². The van der Waals surface area contributed by atoms with Crippen LogP contribution in [0.1, 0.15) is 65.7 Å². The zero-order valence-corrected chi connectivity index (χ0v) is 17.1. The fourth-order valence-corrected chi connectivity index (χ4v) is 4.34. The number of amides is 1. The number of carbonyl (C=O) groups is 1. The third kappa shape index (κ3) is 6.07. The van der Waals surface area contributed by atoms with E-state index < -0.39 is 5.60 Å². The Bertz CT molecular complexity index is 390. The maximum absolute atomic E-state index is 12.4. The van der Waals surface area contributed by atoms with Crippen LogP contribution < -0.4 is 0 Å². The second-order valence-corrected chi connectivity index (χ2v) is 8.90. The summed E-state index contributed by atoms with van der Waals surface area (Å²) in [4.78, 5) is 14.2. The number of halogens is 1. The molecule has 1 saturated carbocycles. The Morgan fingerprint density at radius 1 is 1.22 bits per heavy atom. The smallest absolute Gasteiger partial charge is 0.410 e. The summed E-state index contributed by atoms with van der Waals surface area (Å²) in [6.07, 6.45) is 8.49. The number of ether oxygens (including phenoxy) is 2. The average Bonchev–Trinajstić information content (AvgIpc) is 2.53. The third-order valence-electron chi connectivity index (χ3n) is 4.78. The van der Waals surface area contributed by atoms with Crippen molar-refractivity contribution in [3.63, 3.8) is 0 Å². The normalized spacial score (nSPS) is 27.0. The second-order valence-electron chi connectivity index (χ2n) is 8.14. The van der Waals surface area contributed by atoms with Crippen LogP contribution in [0.4, 0.5) is 4.79 Å². The van der Waals surface area contributed by atoms with Crippen LogP contribution in [0.3, 0.4) is 0 Å². The number of hydrogen-bond donors (Lipinski definition) is 0. The van der Waals surface area contributed by atoms with Crippen molar-refractivity contribution in [2.24, 2.45) is 5.92 Å². The van der Waals surface area contributed by atoms with Crippen molar-refractivity contribution in [3.05, 3.63) is 0 Å². The van der Waals surface area contributed by atoms with Gasteiger partial charge in [-0.1, -0.05) is 41.9 Å². The quantitative estimate of drug-likeness (QED) is 0.469. The summed E-state index contributed by atoms with van der Waals surface area (Å²) in [6.45, 7) is 8.04. The molecular weight excluding hydrogens is 405 g/mol. The highest BCUT2D eigenvalue weighted by Gasteiger charge is 2.39. The molecule has 0 bridgehead atoms. The van der Waals surface area contributed by atoms with Crippen LogP contribution in [0, 0.1) is 5.92 Å². The van der Waals surface area contributed by atoms with Gasteiger partial charge in [-0.3, -0.25) is 0 Å². The lowest BCUT2D eigenvalue weighted by Crippen LogP contribution is -2.54. The van der Waals surface area contributed by atoms with Gasteiger partial charge in [-0.15, -0.1) is 0 Å². The molecule has 1 amide bonds. The summed E-state index contributed by atoms with van der Waals surface area (Å²) in [5.74, 6) is 0.709. The van der Waals surface area contributed by atoms with Gasteiger partial charge in [-0.25, -0.2) is 4.79 Å². The molecule has 4 nitrogen and oxygen atoms in total. The van der Waals surface area contributed by atoms with E-state index in [9.17, 15) is 4.79 Å². The molecule has 134 valence electrons. The highest BCUT2D eigenvalue weighted by molar-refractivity contribution is 14.1. The molecule has 1 unspecified atom stereocenters. The summed E-state index contributed by atoms with van der Waals surface area (Å²) < 4.78 is 12.9. The first-order valence-corrected chi connectivity index (χ1v) is 10.5. The second kappa shape index (κ2) is 8.37. The van der Waals surface area contributed by atoms with E-state index in [1.165, 1.54) is 32.1 Å². The van der Waals surface area contributed by atoms with E-state index in [2.05, 4.69) is 22.6 Å². The van der Waals surface area contributed by atoms with Gasteiger partial charge in [0.05, 0.1) is 18.8 Å². The lowest BCUT2D eigenvalue weighted by Gasteiger charge is -2.42. The third-order valence-corrected chi connectivity index (χ3v) is 6.17. The predicted octanol–water partition coefficient (Wildman–Crippen LogP) is 4.79. The van der Waals surface area contributed by atoms with E-state index >= 15 is 0 Å². The lowest BCUT2D eigenvalue weighted by atomic mass is 9.89. The molecule has 0 aromatic heterocycles. The Kier molecular flexibility index (Phi) is 7.01. The monoisotopic (exact) mass is 437 g/mol. The van der Waals surface area contributed by atoms with Crippen LogP contribution in [-0.2, 0) is 9.47 Å². The van der Waals surface area contributed by atoms with Gasteiger partial charge in [0, 0.05) is 11.0 Å². The minimum Gasteiger partial charge on any atom is -0.444 e. The summed E-state index contributed by atoms with van der Waals surface area (Å²) in [5, 5.41) is 0. The number of rotatable bonds is 4. The molecule has 2 rings (SSSR count). The maximum atomic E-state index is 12.4. The number of nitrogens with zero attached hydrogens (tertiary/aromatic N) is 1. The molecule has 0 radical (unpaired) electrons. The number of carbonyl (C=O) groups excluding carboxylic acids is 1. The van der Waals surface area contributed by atoms with Crippen molar-refractivity contribution in [2.75, 3.05) is 24.1 Å². The van der Waals surface area contributed by atoms with Gasteiger partial charge in [-0.2, -0.15) is 0 Å². The van der Waals surface area contributed by atoms with Crippen molar-refractivity contribution < 1.29 is 14.3 Å². The van der Waals surface area contributed by atoms with Gasteiger partial charge in [0.15, 0.2) is 0 Å². The molecular formula is C18H32INO3. The van der Waals surface area contributed by atoms with Crippen molar-refractivity contribution >= 4 is 28.7 Å². The first kappa shape index (κ1) is 19.3. The van der Waals surface area contributed by atoms with Crippen molar-refractivity contribution in [1.29, 1.82) is 0 Å². The Labute approximate surface area is 154 Å². The Morgan fingerprint density at radius 2 is 1.91 bits per heavy atom. The van der Waals surface area contributed by atoms with Gasteiger partial charge >= 0.3 is 6.09 Å². The van der Waals surface area contributed by atoms with Crippen molar-refractivity contribution in [2.45, 2.75) is 76.9 Å². The first-order chi connectivity index (χ1) is 10.8. The van der Waals surface area contributed by atoms with Gasteiger partial charge in [0.25, 0.3) is 0 Å². The summed E-state index contributed by atoms with van der Waals surface area (Å²) in [7, 11) is 0. The zero-order chi connectivity index (χ0) is 16.9. The van der Waals surface area contributed by atoms with E-state index in [1.807, 2.05) is 25.7 Å². The van der Waals surface area contributed by atoms with E-state index in [0.29, 0.717) is 12.5 Å². The summed E-state index contributed by atoms with van der Waals surface area (Å²) in [6, 6.07) is 0. The fourth-order valence-electron chi connectivity index (χ4n) is 3.49. The molecule has 0 aromatic rings. The molecule has 5 heteroatoms. The predicted molar refractivity (Wildman–Crippen MR) is 101 cm³/mol. The molecule has 23 heavy (non-hydrogen) atoms. The highest BCUT2D eigenvalue weighted by Crippen LogP contribution is 2.31. The standard InChI is InChI=1S/C18H32INO3/c1-17(2,3)23-16(21)20-11-7-10-18(13-19,14-20)22-12-15-8-5-4-6-9-15/h15H,4-14H2,1-3H3. The molecule has 1 aliphatic heterocycles. The lowest BCUT2D eigenvalue weighted by molar-refractivity contribution is -0.0881. The molecule has 1 aliphatic carbocycles. The summed E-state index contributed by atoms with van der Waals surface area (Å²) >= 11 is 2.41. The molecule has 0 aromatic carbocycles. The molecule has 2 aliphatic rings. The average molecular weight is 437 g/mol. The molecule has 1 saturated heterocycles. The van der Waals surface area contributed by atoms with Gasteiger partial charge in [0.2, 0.25) is 0 Å². The van der Waals surface area contributed by atoms with Crippen molar-refractivity contribution in [1.82, 2.24) is 4.90 Å². The number of hydrogen-bond acceptors (Lipinski definition) is 3. The van der Waals surface area contributed by atoms with E-state index in [-0.39, 0.29) is 11.7 Å². The van der Waals surface area contributed by atoms with Crippen LogP contribution in [0.5, 0.6) is 0 Å². The van der Waals surface area contributed by atoms with Crippen LogP contribution in [0.25, 0.3) is 0 Å². The summed E-state index contributed by atoms with van der Waals surface area (Å²) in [5.41, 5.74) is -0.627. The van der Waals surface area contributed by atoms with Crippen molar-refractivity contribution in [3.8, 4) is 0 Å². The fraction of sp³-hybridized carbons (Fsp3) is 0.944. The van der Waals surface area contributed by atoms with Gasteiger partial charge in [0.1, 0.15) is 5.60 Å². The molecule has 0 N–H and O–H groups in total. The van der Waals surface area contributed by atoms with Crippen LogP contribution >= 0.6 is 22.6 Å². The minimum absolute atomic E-state index is 0.187. The zero-order valence-electron chi connectivity index (χ0n) is 14.9. The number of likely N-dealkylation sites (tertiary alicyclic amines) is 1. The number of piperidine rings is 1. The SMILES string of the molecule is CC(C)(C)OC(=O)N1CCCC(CI)(OCC2CCCCC2)C1. The number of alkyl halides is 1. The van der Waals surface area contributed by atoms with Crippen LogP contribution in [0.15, 0.2) is 0 Å². The first-order valence-electron chi connectivity index (χ1n) is 9.01. The van der Waals surface area contributed by atoms with E-state index in [4.69, 9.17) is 9.47 Å². The molecule has 2 fully saturated rings. The largest absolute Gasteiger partial charge is 0.444 e. The topological polar surface area (TPSA) is 38.8 Å². The Morgan fingerprint density at radius 3 is 2.52 bits per heavy atom. The molecule has 1 heterocycles. The van der Waals surface area contributed by atoms with Gasteiger partial charge < -0.3 is 14.4 Å². The molecule has 0 spiro atoms. The minimum atomic E-state index is -0.440. The van der Waals surface area contributed by atoms with Crippen LogP contribution in [-0.4, -0.2) is 46.3 Å². The van der Waals surface area contributed by atoms with Gasteiger partial charge in [-0.05, 0) is 52.4 Å². The Balaban J connectivity index is 1.90. The molecule has 1 atom stereocenters.